The average molecular weight is 446 g/mol. The molecule has 164 valence electrons. The van der Waals surface area contributed by atoms with Gasteiger partial charge in [-0.1, -0.05) is 6.07 Å². The van der Waals surface area contributed by atoms with Crippen molar-refractivity contribution < 1.29 is 31.9 Å². The van der Waals surface area contributed by atoms with Crippen LogP contribution in [0.2, 0.25) is 0 Å². The summed E-state index contributed by atoms with van der Waals surface area (Å²) in [5.74, 6) is -1.56. The third-order valence-electron chi connectivity index (χ3n) is 5.68. The lowest BCUT2D eigenvalue weighted by Crippen LogP contribution is -2.45. The third-order valence-corrected chi connectivity index (χ3v) is 5.68. The Labute approximate surface area is 178 Å². The maximum atomic E-state index is 13.8. The number of likely N-dealkylation sites (N-methyl/N-ethyl adjacent to an activating group) is 1. The highest BCUT2D eigenvalue weighted by Gasteiger charge is 2.56. The van der Waals surface area contributed by atoms with Crippen LogP contribution in [0.25, 0.3) is 5.69 Å². The molecule has 5 rings (SSSR count). The van der Waals surface area contributed by atoms with Crippen LogP contribution in [-0.4, -0.2) is 35.0 Å². The minimum absolute atomic E-state index is 0.189. The Morgan fingerprint density at radius 3 is 2.50 bits per heavy atom. The molecule has 2 aliphatic rings. The van der Waals surface area contributed by atoms with E-state index in [0.717, 1.165) is 12.1 Å². The number of anilines is 2. The van der Waals surface area contributed by atoms with Crippen molar-refractivity contribution in [1.82, 2.24) is 9.78 Å². The minimum Gasteiger partial charge on any atom is -0.406 e. The molecule has 3 aromatic rings. The van der Waals surface area contributed by atoms with Crippen LogP contribution < -0.4 is 15.0 Å². The van der Waals surface area contributed by atoms with E-state index in [9.17, 15) is 27.2 Å². The Hall–Kier alpha value is -3.89. The Morgan fingerprint density at radius 1 is 1.09 bits per heavy atom. The molecule has 2 aromatic carbocycles. The summed E-state index contributed by atoms with van der Waals surface area (Å²) in [6.45, 7) is 0. The predicted octanol–water partition coefficient (Wildman–Crippen LogP) is 3.51. The van der Waals surface area contributed by atoms with E-state index in [0.29, 0.717) is 22.5 Å². The first kappa shape index (κ1) is 20.0. The van der Waals surface area contributed by atoms with Gasteiger partial charge < -0.3 is 15.0 Å². The topological polar surface area (TPSA) is 76.5 Å². The highest BCUT2D eigenvalue weighted by molar-refractivity contribution is 6.15. The van der Waals surface area contributed by atoms with Gasteiger partial charge in [0, 0.05) is 19.0 Å². The van der Waals surface area contributed by atoms with Gasteiger partial charge in [0.1, 0.15) is 22.8 Å². The number of aromatic nitrogens is 2. The molecular formula is C21H14F4N4O3. The number of alkyl halides is 3. The number of hydrogen-bond donors (Lipinski definition) is 1. The standard InChI is InChI=1S/C21H14F4N4O3/c1-28-16-8-11(22)2-7-14(16)20(19(28)31)9-17(30)27-18-15(20)10-26-29(18)12-3-5-13(6-4-12)32-21(23,24)25/h2-8,10H,9H2,1H3,(H,27,30). The second-order valence-electron chi connectivity index (χ2n) is 7.52. The van der Waals surface area contributed by atoms with Crippen LogP contribution in [0.1, 0.15) is 17.5 Å². The van der Waals surface area contributed by atoms with Crippen molar-refractivity contribution in [3.05, 3.63) is 65.6 Å². The van der Waals surface area contributed by atoms with Crippen LogP contribution in [0, 0.1) is 5.82 Å². The lowest BCUT2D eigenvalue weighted by molar-refractivity contribution is -0.274. The molecule has 0 radical (unpaired) electrons. The van der Waals surface area contributed by atoms with Crippen LogP contribution in [0.15, 0.2) is 48.7 Å². The molecule has 1 N–H and O–H groups in total. The zero-order valence-corrected chi connectivity index (χ0v) is 16.4. The van der Waals surface area contributed by atoms with Gasteiger partial charge in [0.2, 0.25) is 11.8 Å². The van der Waals surface area contributed by atoms with Crippen molar-refractivity contribution in [3.8, 4) is 11.4 Å². The van der Waals surface area contributed by atoms with Crippen molar-refractivity contribution in [3.63, 3.8) is 0 Å². The van der Waals surface area contributed by atoms with Crippen LogP contribution in [0.4, 0.5) is 29.1 Å². The summed E-state index contributed by atoms with van der Waals surface area (Å²) in [6.07, 6.45) is -3.58. The molecule has 32 heavy (non-hydrogen) atoms. The summed E-state index contributed by atoms with van der Waals surface area (Å²) in [5.41, 5.74) is 0.215. The fourth-order valence-electron chi connectivity index (χ4n) is 4.36. The van der Waals surface area contributed by atoms with Gasteiger partial charge in [0.15, 0.2) is 0 Å². The Balaban J connectivity index is 1.63. The number of carbonyl (C=O) groups is 2. The molecule has 0 fully saturated rings. The molecule has 1 unspecified atom stereocenters. The number of amides is 2. The van der Waals surface area contributed by atoms with E-state index in [4.69, 9.17) is 0 Å². The van der Waals surface area contributed by atoms with E-state index < -0.39 is 35.2 Å². The van der Waals surface area contributed by atoms with Crippen LogP contribution in [0.5, 0.6) is 5.75 Å². The molecule has 11 heteroatoms. The van der Waals surface area contributed by atoms with E-state index in [1.165, 1.54) is 53.2 Å². The fourth-order valence-corrected chi connectivity index (χ4v) is 4.36. The maximum Gasteiger partial charge on any atom is 0.573 e. The van der Waals surface area contributed by atoms with Gasteiger partial charge in [-0.05, 0) is 42.0 Å². The molecule has 0 aliphatic carbocycles. The van der Waals surface area contributed by atoms with Gasteiger partial charge in [-0.15, -0.1) is 13.2 Å². The Bertz CT molecular complexity index is 1270. The molecule has 7 nitrogen and oxygen atoms in total. The number of fused-ring (bicyclic) bond motifs is 4. The number of hydrogen-bond acceptors (Lipinski definition) is 4. The SMILES string of the molecule is CN1C(=O)C2(CC(=O)Nc3c2cnn3-c2ccc(OC(F)(F)F)cc2)c2ccc(F)cc21. The number of halogens is 4. The summed E-state index contributed by atoms with van der Waals surface area (Å²) >= 11 is 0. The first-order valence-corrected chi connectivity index (χ1v) is 9.43. The number of nitrogens with one attached hydrogen (secondary N) is 1. The fraction of sp³-hybridized carbons (Fsp3) is 0.190. The van der Waals surface area contributed by atoms with Gasteiger partial charge in [-0.2, -0.15) is 5.10 Å². The smallest absolute Gasteiger partial charge is 0.406 e. The minimum atomic E-state index is -4.82. The molecule has 3 heterocycles. The number of carbonyl (C=O) groups excluding carboxylic acids is 2. The van der Waals surface area contributed by atoms with Crippen molar-refractivity contribution in [1.29, 1.82) is 0 Å². The molecule has 1 atom stereocenters. The van der Waals surface area contributed by atoms with E-state index in [1.54, 1.807) is 0 Å². The monoisotopic (exact) mass is 446 g/mol. The largest absolute Gasteiger partial charge is 0.573 e. The molecule has 0 bridgehead atoms. The molecule has 2 amide bonds. The quantitative estimate of drug-likeness (QED) is 0.612. The van der Waals surface area contributed by atoms with Crippen molar-refractivity contribution in [2.75, 3.05) is 17.3 Å². The summed E-state index contributed by atoms with van der Waals surface area (Å²) < 4.78 is 56.3. The van der Waals surface area contributed by atoms with Crippen LogP contribution in [-0.2, 0) is 15.0 Å². The van der Waals surface area contributed by atoms with E-state index in [2.05, 4.69) is 15.2 Å². The number of ether oxygens (including phenoxy) is 1. The Kier molecular flexibility index (Phi) is 4.10. The predicted molar refractivity (Wildman–Crippen MR) is 104 cm³/mol. The molecule has 2 aliphatic heterocycles. The van der Waals surface area contributed by atoms with E-state index in [1.807, 2.05) is 0 Å². The highest BCUT2D eigenvalue weighted by atomic mass is 19.4. The van der Waals surface area contributed by atoms with Gasteiger partial charge >= 0.3 is 6.36 Å². The number of benzene rings is 2. The summed E-state index contributed by atoms with van der Waals surface area (Å²) in [6, 6.07) is 8.85. The second kappa shape index (κ2) is 6.55. The molecule has 0 saturated carbocycles. The molecule has 1 aromatic heterocycles. The number of nitrogens with zero attached hydrogens (tertiary/aromatic N) is 3. The first-order valence-electron chi connectivity index (χ1n) is 9.43. The van der Waals surface area contributed by atoms with E-state index in [-0.39, 0.29) is 12.2 Å². The first-order chi connectivity index (χ1) is 15.1. The molecular weight excluding hydrogens is 432 g/mol. The molecule has 0 saturated heterocycles. The van der Waals surface area contributed by atoms with Crippen LogP contribution in [0.3, 0.4) is 0 Å². The average Bonchev–Trinajstić information content (AvgIpc) is 3.22. The maximum absolute atomic E-state index is 13.8. The van der Waals surface area contributed by atoms with Crippen molar-refractivity contribution in [2.45, 2.75) is 18.2 Å². The lowest BCUT2D eigenvalue weighted by Gasteiger charge is -2.32. The van der Waals surface area contributed by atoms with Crippen LogP contribution >= 0.6 is 0 Å². The van der Waals surface area contributed by atoms with Crippen molar-refractivity contribution >= 4 is 23.3 Å². The Morgan fingerprint density at radius 2 is 1.81 bits per heavy atom. The summed E-state index contributed by atoms with van der Waals surface area (Å²) in [7, 11) is 1.51. The van der Waals surface area contributed by atoms with Gasteiger partial charge in [-0.25, -0.2) is 9.07 Å². The number of rotatable bonds is 2. The zero-order chi connectivity index (χ0) is 22.8. The molecule has 1 spiro atoms. The van der Waals surface area contributed by atoms with Gasteiger partial charge in [-0.3, -0.25) is 9.59 Å². The third kappa shape index (κ3) is 2.84. The summed E-state index contributed by atoms with van der Waals surface area (Å²) in [4.78, 5) is 27.3. The second-order valence-corrected chi connectivity index (χ2v) is 7.52. The van der Waals surface area contributed by atoms with Gasteiger partial charge in [0.05, 0.1) is 17.6 Å². The highest BCUT2D eigenvalue weighted by Crippen LogP contribution is 2.52. The van der Waals surface area contributed by atoms with E-state index >= 15 is 0 Å². The zero-order valence-electron chi connectivity index (χ0n) is 16.4. The summed E-state index contributed by atoms with van der Waals surface area (Å²) in [5, 5.41) is 6.96. The van der Waals surface area contributed by atoms with Gasteiger partial charge in [0.25, 0.3) is 0 Å². The normalized spacial score (nSPS) is 19.7. The lowest BCUT2D eigenvalue weighted by atomic mass is 9.72. The van der Waals surface area contributed by atoms with Crippen molar-refractivity contribution in [2.24, 2.45) is 0 Å².